The summed E-state index contributed by atoms with van der Waals surface area (Å²) in [4.78, 5) is 9.92. The fourth-order valence-electron chi connectivity index (χ4n) is 2.27. The molecular formula is C14H27NO3. The molecule has 0 aliphatic carbocycles. The number of nitrogens with one attached hydrogen (secondary N) is 1. The third kappa shape index (κ3) is 8.25. The van der Waals surface area contributed by atoms with Crippen molar-refractivity contribution in [1.29, 1.82) is 0 Å². The fourth-order valence-corrected chi connectivity index (χ4v) is 2.27. The van der Waals surface area contributed by atoms with E-state index in [-0.39, 0.29) is 11.6 Å². The highest BCUT2D eigenvalue weighted by Crippen LogP contribution is 2.24. The van der Waals surface area contributed by atoms with Crippen molar-refractivity contribution >= 4 is 6.47 Å². The normalized spacial score (nSPS) is 25.6. The van der Waals surface area contributed by atoms with Gasteiger partial charge in [-0.05, 0) is 40.5 Å². The molecule has 0 aromatic rings. The van der Waals surface area contributed by atoms with E-state index in [4.69, 9.17) is 4.74 Å². The molecule has 1 rings (SSSR count). The van der Waals surface area contributed by atoms with E-state index in [1.807, 2.05) is 6.92 Å². The number of ether oxygens (including phenoxy) is 2. The number of rotatable bonds is 5. The second-order valence-electron chi connectivity index (χ2n) is 5.24. The standard InChI is InChI=1S/C11H21NO3.C3H6/c1-9-6-10(7-11(2,3)12-9)15-5-4-14-8-13;1-3-2/h8-10,12H,4-7H2,1-3H3;3H,1H2,2H3. The van der Waals surface area contributed by atoms with E-state index in [1.165, 1.54) is 0 Å². The molecule has 106 valence electrons. The molecule has 18 heavy (non-hydrogen) atoms. The molecule has 1 N–H and O–H groups in total. The van der Waals surface area contributed by atoms with Crippen LogP contribution in [0, 0.1) is 0 Å². The predicted molar refractivity (Wildman–Crippen MR) is 73.5 cm³/mol. The van der Waals surface area contributed by atoms with Crippen molar-refractivity contribution < 1.29 is 14.3 Å². The topological polar surface area (TPSA) is 47.6 Å². The van der Waals surface area contributed by atoms with Crippen LogP contribution < -0.4 is 5.32 Å². The minimum Gasteiger partial charge on any atom is -0.465 e. The Bertz CT molecular complexity index is 241. The van der Waals surface area contributed by atoms with E-state index in [2.05, 4.69) is 37.4 Å². The van der Waals surface area contributed by atoms with Gasteiger partial charge in [0.05, 0.1) is 12.7 Å². The highest BCUT2D eigenvalue weighted by atomic mass is 16.5. The quantitative estimate of drug-likeness (QED) is 0.466. The van der Waals surface area contributed by atoms with Crippen molar-refractivity contribution in [2.75, 3.05) is 13.2 Å². The zero-order chi connectivity index (χ0) is 14.0. The van der Waals surface area contributed by atoms with E-state index in [0.29, 0.717) is 25.7 Å². The van der Waals surface area contributed by atoms with Crippen LogP contribution in [-0.4, -0.2) is 37.4 Å². The largest absolute Gasteiger partial charge is 0.465 e. The van der Waals surface area contributed by atoms with E-state index >= 15 is 0 Å². The van der Waals surface area contributed by atoms with E-state index < -0.39 is 0 Å². The van der Waals surface area contributed by atoms with Gasteiger partial charge in [-0.1, -0.05) is 6.08 Å². The van der Waals surface area contributed by atoms with Crippen molar-refractivity contribution in [3.05, 3.63) is 12.7 Å². The molecule has 1 aliphatic heterocycles. The van der Waals surface area contributed by atoms with Gasteiger partial charge in [0, 0.05) is 11.6 Å². The maximum atomic E-state index is 9.92. The first kappa shape index (κ1) is 17.1. The van der Waals surface area contributed by atoms with Crippen molar-refractivity contribution in [3.63, 3.8) is 0 Å². The molecule has 0 saturated carbocycles. The number of carbonyl (C=O) groups is 1. The summed E-state index contributed by atoms with van der Waals surface area (Å²) < 4.78 is 10.2. The number of allylic oxidation sites excluding steroid dienone is 1. The highest BCUT2D eigenvalue weighted by Gasteiger charge is 2.31. The number of carbonyl (C=O) groups excluding carboxylic acids is 1. The van der Waals surface area contributed by atoms with Crippen LogP contribution in [0.25, 0.3) is 0 Å². The summed E-state index contributed by atoms with van der Waals surface area (Å²) in [7, 11) is 0. The molecule has 0 amide bonds. The smallest absolute Gasteiger partial charge is 0.293 e. The summed E-state index contributed by atoms with van der Waals surface area (Å²) in [6.07, 6.45) is 4.04. The Balaban J connectivity index is 0.000000873. The zero-order valence-corrected chi connectivity index (χ0v) is 12.1. The zero-order valence-electron chi connectivity index (χ0n) is 12.1. The molecule has 1 fully saturated rings. The van der Waals surface area contributed by atoms with Crippen molar-refractivity contribution in [2.24, 2.45) is 0 Å². The van der Waals surface area contributed by atoms with Crippen LogP contribution in [0.5, 0.6) is 0 Å². The first-order chi connectivity index (χ1) is 8.45. The molecule has 0 bridgehead atoms. The Morgan fingerprint density at radius 1 is 1.44 bits per heavy atom. The van der Waals surface area contributed by atoms with Gasteiger partial charge in [-0.3, -0.25) is 4.79 Å². The lowest BCUT2D eigenvalue weighted by Crippen LogP contribution is -2.53. The molecule has 1 saturated heterocycles. The predicted octanol–water partition coefficient (Wildman–Crippen LogP) is 2.29. The molecular weight excluding hydrogens is 230 g/mol. The van der Waals surface area contributed by atoms with Crippen molar-refractivity contribution in [1.82, 2.24) is 5.32 Å². The van der Waals surface area contributed by atoms with Crippen LogP contribution in [-0.2, 0) is 14.3 Å². The SMILES string of the molecule is C=CC.CC1CC(OCCOC=O)CC(C)(C)N1. The van der Waals surface area contributed by atoms with Gasteiger partial charge in [-0.25, -0.2) is 0 Å². The minimum atomic E-state index is 0.133. The Kier molecular flexibility index (Phi) is 8.67. The summed E-state index contributed by atoms with van der Waals surface area (Å²) in [6.45, 7) is 13.1. The molecule has 1 aliphatic rings. The Labute approximate surface area is 111 Å². The van der Waals surface area contributed by atoms with Gasteiger partial charge in [-0.15, -0.1) is 6.58 Å². The Hall–Kier alpha value is -0.870. The molecule has 1 heterocycles. The third-order valence-corrected chi connectivity index (χ3v) is 2.61. The van der Waals surface area contributed by atoms with Crippen LogP contribution in [0.2, 0.25) is 0 Å². The minimum absolute atomic E-state index is 0.133. The number of hydrogen-bond donors (Lipinski definition) is 1. The highest BCUT2D eigenvalue weighted by molar-refractivity contribution is 5.36. The van der Waals surface area contributed by atoms with Crippen LogP contribution in [0.1, 0.15) is 40.5 Å². The van der Waals surface area contributed by atoms with Gasteiger partial charge in [0.2, 0.25) is 0 Å². The van der Waals surface area contributed by atoms with Crippen molar-refractivity contribution in [3.8, 4) is 0 Å². The fraction of sp³-hybridized carbons (Fsp3) is 0.786. The molecule has 4 heteroatoms. The number of hydrogen-bond acceptors (Lipinski definition) is 4. The Morgan fingerprint density at radius 3 is 2.56 bits per heavy atom. The molecule has 4 nitrogen and oxygen atoms in total. The molecule has 2 atom stereocenters. The van der Waals surface area contributed by atoms with Gasteiger partial charge in [-0.2, -0.15) is 0 Å². The summed E-state index contributed by atoms with van der Waals surface area (Å²) in [5, 5.41) is 3.52. The summed E-state index contributed by atoms with van der Waals surface area (Å²) in [5.74, 6) is 0. The van der Waals surface area contributed by atoms with Crippen LogP contribution in [0.15, 0.2) is 12.7 Å². The van der Waals surface area contributed by atoms with Crippen molar-refractivity contribution in [2.45, 2.75) is 58.2 Å². The average Bonchev–Trinajstić information content (AvgIpc) is 2.23. The number of piperidine rings is 1. The second kappa shape index (κ2) is 9.11. The maximum Gasteiger partial charge on any atom is 0.293 e. The Morgan fingerprint density at radius 2 is 2.06 bits per heavy atom. The van der Waals surface area contributed by atoms with Crippen LogP contribution in [0.4, 0.5) is 0 Å². The third-order valence-electron chi connectivity index (χ3n) is 2.61. The lowest BCUT2D eigenvalue weighted by atomic mass is 9.87. The first-order valence-electron chi connectivity index (χ1n) is 6.46. The molecule has 2 unspecified atom stereocenters. The van der Waals surface area contributed by atoms with Gasteiger partial charge in [0.1, 0.15) is 6.61 Å². The molecule has 0 aromatic carbocycles. The van der Waals surface area contributed by atoms with Gasteiger partial charge in [0.15, 0.2) is 0 Å². The van der Waals surface area contributed by atoms with Gasteiger partial charge < -0.3 is 14.8 Å². The summed E-state index contributed by atoms with van der Waals surface area (Å²) in [6, 6.07) is 0.478. The molecule has 0 aromatic heterocycles. The second-order valence-corrected chi connectivity index (χ2v) is 5.24. The molecule has 0 radical (unpaired) electrons. The van der Waals surface area contributed by atoms with E-state index in [0.717, 1.165) is 12.8 Å². The van der Waals surface area contributed by atoms with Crippen LogP contribution in [0.3, 0.4) is 0 Å². The lowest BCUT2D eigenvalue weighted by molar-refractivity contribution is -0.131. The first-order valence-corrected chi connectivity index (χ1v) is 6.46. The lowest BCUT2D eigenvalue weighted by Gasteiger charge is -2.40. The monoisotopic (exact) mass is 257 g/mol. The van der Waals surface area contributed by atoms with Crippen LogP contribution >= 0.6 is 0 Å². The van der Waals surface area contributed by atoms with Gasteiger partial charge >= 0.3 is 0 Å². The van der Waals surface area contributed by atoms with E-state index in [1.54, 1.807) is 6.08 Å². The van der Waals surface area contributed by atoms with Gasteiger partial charge in [0.25, 0.3) is 6.47 Å². The summed E-state index contributed by atoms with van der Waals surface area (Å²) >= 11 is 0. The average molecular weight is 257 g/mol. The molecule has 0 spiro atoms. The summed E-state index contributed by atoms with van der Waals surface area (Å²) in [5.41, 5.74) is 0.133. The van der Waals surface area contributed by atoms with E-state index in [9.17, 15) is 4.79 Å². The maximum absolute atomic E-state index is 9.92.